The van der Waals surface area contributed by atoms with Gasteiger partial charge in [-0.15, -0.1) is 0 Å². The van der Waals surface area contributed by atoms with Crippen molar-refractivity contribution in [1.29, 1.82) is 0 Å². The van der Waals surface area contributed by atoms with Crippen LogP contribution in [0, 0.1) is 52.9 Å². The molecule has 0 spiro atoms. The monoisotopic (exact) mass is 915 g/mol. The number of anilines is 5. The molecule has 1 saturated carbocycles. The number of aryl methyl sites for hydroxylation is 6. The molecule has 9 nitrogen and oxygen atoms in total. The third kappa shape index (κ3) is 12.0. The van der Waals surface area contributed by atoms with Gasteiger partial charge in [0.15, 0.2) is 0 Å². The largest absolute Gasteiger partial charge is 0.462 e. The van der Waals surface area contributed by atoms with Crippen LogP contribution >= 0.6 is 0 Å². The summed E-state index contributed by atoms with van der Waals surface area (Å²) in [6.07, 6.45) is 3.60. The van der Waals surface area contributed by atoms with Crippen LogP contribution in [0.15, 0.2) is 109 Å². The van der Waals surface area contributed by atoms with Gasteiger partial charge in [-0.3, -0.25) is 14.4 Å². The van der Waals surface area contributed by atoms with Crippen LogP contribution in [0.2, 0.25) is 0 Å². The van der Waals surface area contributed by atoms with Gasteiger partial charge < -0.3 is 30.2 Å². The van der Waals surface area contributed by atoms with Crippen molar-refractivity contribution in [2.24, 2.45) is 5.41 Å². The topological polar surface area (TPSA) is 115 Å². The lowest BCUT2D eigenvalue weighted by atomic mass is 9.82. The third-order valence-electron chi connectivity index (χ3n) is 13.3. The van der Waals surface area contributed by atoms with Crippen molar-refractivity contribution in [3.8, 4) is 0 Å². The molecule has 0 radical (unpaired) electrons. The minimum atomic E-state index is -0.598. The van der Waals surface area contributed by atoms with Crippen molar-refractivity contribution in [1.82, 2.24) is 0 Å². The number of ether oxygens (including phenoxy) is 3. The van der Waals surface area contributed by atoms with Gasteiger partial charge >= 0.3 is 17.9 Å². The predicted octanol–water partition coefficient (Wildman–Crippen LogP) is 13.8. The smallest absolute Gasteiger partial charge is 0.311 e. The number of carbonyl (C=O) groups is 3. The van der Waals surface area contributed by atoms with E-state index in [4.69, 9.17) is 14.2 Å². The first-order chi connectivity index (χ1) is 32.6. The molecule has 2 unspecified atom stereocenters. The molecule has 1 fully saturated rings. The van der Waals surface area contributed by atoms with Gasteiger partial charge in [0.25, 0.3) is 0 Å². The zero-order chi connectivity index (χ0) is 48.5. The number of esters is 3. The van der Waals surface area contributed by atoms with E-state index >= 15 is 0 Å². The Labute approximate surface area is 403 Å². The highest BCUT2D eigenvalue weighted by atomic mass is 16.6. The fraction of sp³-hybridized carbons (Fsp3) is 0.356. The van der Waals surface area contributed by atoms with E-state index in [1.165, 1.54) is 33.4 Å². The van der Waals surface area contributed by atoms with Gasteiger partial charge in [-0.05, 0) is 176 Å². The molecule has 68 heavy (non-hydrogen) atoms. The molecule has 2 atom stereocenters. The van der Waals surface area contributed by atoms with Crippen LogP contribution in [-0.4, -0.2) is 43.3 Å². The normalized spacial score (nSPS) is 14.8. The summed E-state index contributed by atoms with van der Waals surface area (Å²) < 4.78 is 16.6. The Hall–Kier alpha value is -6.74. The van der Waals surface area contributed by atoms with Crippen molar-refractivity contribution in [3.05, 3.63) is 165 Å². The molecule has 0 amide bonds. The fourth-order valence-corrected chi connectivity index (χ4v) is 9.34. The Morgan fingerprint density at radius 3 is 1.66 bits per heavy atom. The number of carbonyl (C=O) groups excluding carboxylic acids is 3. The maximum absolute atomic E-state index is 13.1. The second-order valence-corrected chi connectivity index (χ2v) is 19.2. The summed E-state index contributed by atoms with van der Waals surface area (Å²) in [6, 6.07) is 39.0. The second-order valence-electron chi connectivity index (χ2n) is 19.2. The average Bonchev–Trinajstić information content (AvgIpc) is 3.31. The molecule has 6 aromatic carbocycles. The summed E-state index contributed by atoms with van der Waals surface area (Å²) in [5, 5.41) is 13.3. The summed E-state index contributed by atoms with van der Waals surface area (Å²) in [5.74, 6) is -0.193. The van der Waals surface area contributed by atoms with E-state index in [0.29, 0.717) is 6.42 Å². The van der Waals surface area contributed by atoms with E-state index in [-0.39, 0.29) is 44.2 Å². The Balaban J connectivity index is 1.11. The van der Waals surface area contributed by atoms with Crippen LogP contribution in [0.1, 0.15) is 116 Å². The lowest BCUT2D eigenvalue weighted by molar-refractivity contribution is -0.160. The van der Waals surface area contributed by atoms with Gasteiger partial charge in [0.1, 0.15) is 19.3 Å². The predicted molar refractivity (Wildman–Crippen MR) is 276 cm³/mol. The van der Waals surface area contributed by atoms with Crippen molar-refractivity contribution in [2.75, 3.05) is 29.2 Å². The van der Waals surface area contributed by atoms with Crippen LogP contribution in [0.4, 0.5) is 28.4 Å². The van der Waals surface area contributed by atoms with Crippen LogP contribution < -0.4 is 16.0 Å². The van der Waals surface area contributed by atoms with E-state index in [0.717, 1.165) is 87.5 Å². The lowest BCUT2D eigenvalue weighted by Crippen LogP contribution is -2.39. The summed E-state index contributed by atoms with van der Waals surface area (Å²) in [7, 11) is 0. The van der Waals surface area contributed by atoms with Crippen molar-refractivity contribution >= 4 is 57.1 Å². The summed E-state index contributed by atoms with van der Waals surface area (Å²) in [4.78, 5) is 37.8. The number of hydrogen-bond donors (Lipinski definition) is 3. The molecule has 3 N–H and O–H groups in total. The molecule has 0 aromatic heterocycles. The first-order valence-electron chi connectivity index (χ1n) is 24.2. The zero-order valence-electron chi connectivity index (χ0n) is 41.4. The Morgan fingerprint density at radius 1 is 0.618 bits per heavy atom. The van der Waals surface area contributed by atoms with Crippen molar-refractivity contribution in [2.45, 2.75) is 119 Å². The van der Waals surface area contributed by atoms with E-state index in [1.807, 2.05) is 20.8 Å². The average molecular weight is 915 g/mol. The van der Waals surface area contributed by atoms with Crippen LogP contribution in [0.25, 0.3) is 10.8 Å². The molecule has 1 aliphatic rings. The number of hydrogen-bond acceptors (Lipinski definition) is 9. The molecule has 354 valence electrons. The molecule has 0 bridgehead atoms. The van der Waals surface area contributed by atoms with Crippen molar-refractivity contribution < 1.29 is 28.6 Å². The van der Waals surface area contributed by atoms with Gasteiger partial charge in [-0.2, -0.15) is 0 Å². The maximum Gasteiger partial charge on any atom is 0.311 e. The second kappa shape index (κ2) is 21.9. The maximum atomic E-state index is 13.1. The molecule has 7 rings (SSSR count). The zero-order valence-corrected chi connectivity index (χ0v) is 41.4. The van der Waals surface area contributed by atoms with Gasteiger partial charge in [0.05, 0.1) is 52.6 Å². The first kappa shape index (κ1) is 49.2. The summed E-state index contributed by atoms with van der Waals surface area (Å²) in [6.45, 7) is 18.3. The highest BCUT2D eigenvalue weighted by molar-refractivity contribution is 5.98. The molecule has 0 heterocycles. The molecule has 1 aliphatic carbocycles. The van der Waals surface area contributed by atoms with E-state index in [1.54, 1.807) is 0 Å². The number of benzene rings is 6. The highest BCUT2D eigenvalue weighted by Crippen LogP contribution is 2.40. The Morgan fingerprint density at radius 2 is 1.12 bits per heavy atom. The van der Waals surface area contributed by atoms with E-state index in [2.05, 4.69) is 167 Å². The molecule has 0 saturated heterocycles. The number of fused-ring (bicyclic) bond motifs is 1. The van der Waals surface area contributed by atoms with E-state index in [9.17, 15) is 14.4 Å². The Bertz CT molecular complexity index is 2590. The van der Waals surface area contributed by atoms with Gasteiger partial charge in [0, 0.05) is 33.5 Å². The van der Waals surface area contributed by atoms with Crippen LogP contribution in [0.5, 0.6) is 0 Å². The summed E-state index contributed by atoms with van der Waals surface area (Å²) >= 11 is 0. The van der Waals surface area contributed by atoms with Crippen LogP contribution in [-0.2, 0) is 28.6 Å². The third-order valence-corrected chi connectivity index (χ3v) is 13.3. The quantitative estimate of drug-likeness (QED) is 0.0255. The van der Waals surface area contributed by atoms with E-state index < -0.39 is 17.4 Å². The first-order valence-corrected chi connectivity index (χ1v) is 24.2. The molecule has 0 aliphatic heterocycles. The molecular formula is C59H68N3O6+. The number of nitrogens with one attached hydrogen (secondary N) is 3. The standard InChI is InChI=1S/C59H68N3O6/c1-10-59(8,9)58(65)67-32-31-66-53(63)29-30-54(64)68-52-18-14-13-17-51(52)62-50-28-27-49(47-15-11-12-16-48(47)50)55(43-19-23-45(24-20-43)60-56-39(4)33-37(2)34-40(56)5)44-21-25-46(26-22-44)61-57-41(6)35-38(3)36-42(57)7/h11-12,15-16,19-28,33-36,51-52,60-62H,10,13-14,17-18,29-32H2,1-9H3/q+1. The van der Waals surface area contributed by atoms with Crippen molar-refractivity contribution in [3.63, 3.8) is 0 Å². The minimum absolute atomic E-state index is 0.0263. The van der Waals surface area contributed by atoms with Gasteiger partial charge in [0.2, 0.25) is 0 Å². The molecular weight excluding hydrogens is 847 g/mol. The number of rotatable bonds is 18. The molecule has 9 heteroatoms. The highest BCUT2D eigenvalue weighted by Gasteiger charge is 2.31. The molecule has 6 aromatic rings. The summed E-state index contributed by atoms with van der Waals surface area (Å²) in [5.41, 5.74) is 15.3. The van der Waals surface area contributed by atoms with Crippen LogP contribution in [0.3, 0.4) is 0 Å². The Kier molecular flexibility index (Phi) is 15.8. The minimum Gasteiger partial charge on any atom is -0.462 e. The fourth-order valence-electron chi connectivity index (χ4n) is 9.34. The SMILES string of the molecule is CCC(C)(C)C(=O)OCCOC(=O)CCC(=O)OC1CCCCC1Nc1ccc([C+](c2ccc(Nc3c(C)cc(C)cc3C)cc2)c2ccc(Nc3c(C)cc(C)cc3C)cc2)c2ccccc12. The van der Waals surface area contributed by atoms with Gasteiger partial charge in [-0.1, -0.05) is 60.9 Å². The lowest BCUT2D eigenvalue weighted by Gasteiger charge is -2.33. The van der Waals surface area contributed by atoms with Gasteiger partial charge in [-0.25, -0.2) is 0 Å².